The van der Waals surface area contributed by atoms with E-state index in [0.717, 1.165) is 64.2 Å². The van der Waals surface area contributed by atoms with Gasteiger partial charge in [-0.25, -0.2) is 0 Å². The monoisotopic (exact) mass is 387 g/mol. The Balaban J connectivity index is 1.56. The number of hydrogen-bond acceptors (Lipinski definition) is 3. The van der Waals surface area contributed by atoms with E-state index in [1.54, 1.807) is 0 Å². The zero-order valence-corrected chi connectivity index (χ0v) is 17.8. The Labute approximate surface area is 170 Å². The number of hydrogen-bond donors (Lipinski definition) is 1. The van der Waals surface area contributed by atoms with Crippen molar-refractivity contribution in [2.45, 2.75) is 45.6 Å². The van der Waals surface area contributed by atoms with Crippen LogP contribution in [0.3, 0.4) is 0 Å². The Morgan fingerprint density at radius 3 is 2.75 bits per heavy atom. The lowest BCUT2D eigenvalue weighted by molar-refractivity contribution is -0.0250. The molecule has 1 aliphatic carbocycles. The molecule has 2 unspecified atom stereocenters. The van der Waals surface area contributed by atoms with Gasteiger partial charge in [0.25, 0.3) is 0 Å². The number of guanidine groups is 1. The van der Waals surface area contributed by atoms with Gasteiger partial charge in [0.2, 0.25) is 0 Å². The number of nitrogens with one attached hydrogen (secondary N) is 1. The summed E-state index contributed by atoms with van der Waals surface area (Å²) < 4.78 is 11.9. The largest absolute Gasteiger partial charge is 0.379 e. The number of aliphatic imine (C=N–C) groups is 1. The van der Waals surface area contributed by atoms with Crippen molar-refractivity contribution in [1.82, 2.24) is 10.2 Å². The summed E-state index contributed by atoms with van der Waals surface area (Å²) in [7, 11) is 2.09. The predicted octanol–water partition coefficient (Wildman–Crippen LogP) is 3.79. The van der Waals surface area contributed by atoms with Gasteiger partial charge in [0.1, 0.15) is 0 Å². The van der Waals surface area contributed by atoms with Crippen molar-refractivity contribution in [2.75, 3.05) is 46.5 Å². The standard InChI is InChI=1S/C23H37N3O2/c1-4-24-23(26(3)13-15-27-17-19-9-10-19)25-16-21-6-5-14-28-22(21)20-11-7-18(2)8-12-20/h7-8,11-12,19,21-22H,4-6,9-10,13-17H2,1-3H3,(H,24,25). The van der Waals surface area contributed by atoms with Crippen LogP contribution in [0.4, 0.5) is 0 Å². The van der Waals surface area contributed by atoms with E-state index >= 15 is 0 Å². The smallest absolute Gasteiger partial charge is 0.193 e. The molecule has 1 aromatic rings. The van der Waals surface area contributed by atoms with Crippen LogP contribution in [0.5, 0.6) is 0 Å². The minimum absolute atomic E-state index is 0.146. The van der Waals surface area contributed by atoms with Crippen LogP contribution < -0.4 is 5.32 Å². The molecule has 1 saturated carbocycles. The van der Waals surface area contributed by atoms with Crippen molar-refractivity contribution in [2.24, 2.45) is 16.8 Å². The molecule has 0 aromatic heterocycles. The third kappa shape index (κ3) is 6.49. The summed E-state index contributed by atoms with van der Waals surface area (Å²) >= 11 is 0. The predicted molar refractivity (Wildman–Crippen MR) is 115 cm³/mol. The SMILES string of the molecule is CCNC(=NCC1CCCOC1c1ccc(C)cc1)N(C)CCOCC1CC1. The van der Waals surface area contributed by atoms with Crippen molar-refractivity contribution in [1.29, 1.82) is 0 Å². The molecule has 3 rings (SSSR count). The molecule has 1 N–H and O–H groups in total. The molecule has 1 aliphatic heterocycles. The molecule has 2 aliphatic rings. The van der Waals surface area contributed by atoms with Gasteiger partial charge in [-0.3, -0.25) is 4.99 Å². The van der Waals surface area contributed by atoms with Gasteiger partial charge in [0, 0.05) is 45.8 Å². The molecular formula is C23H37N3O2. The van der Waals surface area contributed by atoms with Gasteiger partial charge < -0.3 is 19.7 Å². The van der Waals surface area contributed by atoms with Crippen molar-refractivity contribution >= 4 is 5.96 Å². The third-order valence-electron chi connectivity index (χ3n) is 5.64. The number of aryl methyl sites for hydroxylation is 1. The van der Waals surface area contributed by atoms with Gasteiger partial charge in [0.05, 0.1) is 12.7 Å². The Kier molecular flexibility index (Phi) is 8.16. The molecule has 0 amide bonds. The highest BCUT2D eigenvalue weighted by Gasteiger charge is 2.27. The minimum Gasteiger partial charge on any atom is -0.379 e. The summed E-state index contributed by atoms with van der Waals surface area (Å²) in [5, 5.41) is 3.43. The van der Waals surface area contributed by atoms with Crippen molar-refractivity contribution < 1.29 is 9.47 Å². The topological polar surface area (TPSA) is 46.1 Å². The summed E-state index contributed by atoms with van der Waals surface area (Å²) in [4.78, 5) is 7.13. The lowest BCUT2D eigenvalue weighted by atomic mass is 9.89. The number of benzene rings is 1. The normalized spacial score (nSPS) is 22.9. The second-order valence-corrected chi connectivity index (χ2v) is 8.24. The molecule has 1 saturated heterocycles. The van der Waals surface area contributed by atoms with E-state index < -0.39 is 0 Å². The van der Waals surface area contributed by atoms with E-state index in [-0.39, 0.29) is 6.10 Å². The van der Waals surface area contributed by atoms with Crippen LogP contribution in [0.25, 0.3) is 0 Å². The van der Waals surface area contributed by atoms with E-state index in [4.69, 9.17) is 14.5 Å². The van der Waals surface area contributed by atoms with Crippen molar-refractivity contribution in [3.63, 3.8) is 0 Å². The van der Waals surface area contributed by atoms with Crippen LogP contribution in [0.2, 0.25) is 0 Å². The maximum atomic E-state index is 6.15. The number of likely N-dealkylation sites (N-methyl/N-ethyl adjacent to an activating group) is 1. The van der Waals surface area contributed by atoms with Crippen LogP contribution in [0.1, 0.15) is 49.8 Å². The van der Waals surface area contributed by atoms with E-state index in [1.807, 2.05) is 0 Å². The average Bonchev–Trinajstić information content (AvgIpc) is 3.54. The molecule has 0 spiro atoms. The quantitative estimate of drug-likeness (QED) is 0.398. The lowest BCUT2D eigenvalue weighted by Crippen LogP contribution is -2.41. The first-order valence-corrected chi connectivity index (χ1v) is 10.9. The van der Waals surface area contributed by atoms with Crippen LogP contribution in [0, 0.1) is 18.8 Å². The highest BCUT2D eigenvalue weighted by Crippen LogP contribution is 2.34. The fraction of sp³-hybridized carbons (Fsp3) is 0.696. The first-order valence-electron chi connectivity index (χ1n) is 10.9. The summed E-state index contributed by atoms with van der Waals surface area (Å²) in [6.45, 7) is 9.28. The van der Waals surface area contributed by atoms with Crippen molar-refractivity contribution in [3.8, 4) is 0 Å². The molecule has 2 fully saturated rings. The Morgan fingerprint density at radius 2 is 2.04 bits per heavy atom. The maximum absolute atomic E-state index is 6.15. The van der Waals surface area contributed by atoms with Gasteiger partial charge in [0.15, 0.2) is 5.96 Å². The second-order valence-electron chi connectivity index (χ2n) is 8.24. The maximum Gasteiger partial charge on any atom is 0.193 e. The number of nitrogens with zero attached hydrogens (tertiary/aromatic N) is 2. The molecule has 1 aromatic carbocycles. The van der Waals surface area contributed by atoms with Gasteiger partial charge in [-0.15, -0.1) is 0 Å². The third-order valence-corrected chi connectivity index (χ3v) is 5.64. The zero-order chi connectivity index (χ0) is 19.8. The van der Waals surface area contributed by atoms with E-state index in [2.05, 4.69) is 55.4 Å². The lowest BCUT2D eigenvalue weighted by Gasteiger charge is -2.32. The Hall–Kier alpha value is -1.59. The molecule has 0 bridgehead atoms. The Bertz CT molecular complexity index is 613. The van der Waals surface area contributed by atoms with E-state index in [9.17, 15) is 0 Å². The van der Waals surface area contributed by atoms with Crippen LogP contribution in [0.15, 0.2) is 29.3 Å². The van der Waals surface area contributed by atoms with Crippen LogP contribution in [-0.2, 0) is 9.47 Å². The van der Waals surface area contributed by atoms with Crippen LogP contribution >= 0.6 is 0 Å². The fourth-order valence-corrected chi connectivity index (χ4v) is 3.67. The molecular weight excluding hydrogens is 350 g/mol. The van der Waals surface area contributed by atoms with Gasteiger partial charge >= 0.3 is 0 Å². The van der Waals surface area contributed by atoms with Gasteiger partial charge in [-0.1, -0.05) is 29.8 Å². The highest BCUT2D eigenvalue weighted by atomic mass is 16.5. The first kappa shape index (κ1) is 21.1. The molecule has 1 heterocycles. The van der Waals surface area contributed by atoms with Crippen molar-refractivity contribution in [3.05, 3.63) is 35.4 Å². The second kappa shape index (κ2) is 10.8. The number of ether oxygens (including phenoxy) is 2. The van der Waals surface area contributed by atoms with Gasteiger partial charge in [-0.2, -0.15) is 0 Å². The molecule has 5 nitrogen and oxygen atoms in total. The molecule has 28 heavy (non-hydrogen) atoms. The zero-order valence-electron chi connectivity index (χ0n) is 17.8. The van der Waals surface area contributed by atoms with Crippen LogP contribution in [-0.4, -0.2) is 57.4 Å². The molecule has 156 valence electrons. The summed E-state index contributed by atoms with van der Waals surface area (Å²) in [6, 6.07) is 8.76. The summed E-state index contributed by atoms with van der Waals surface area (Å²) in [5.41, 5.74) is 2.56. The van der Waals surface area contributed by atoms with E-state index in [0.29, 0.717) is 5.92 Å². The van der Waals surface area contributed by atoms with Gasteiger partial charge in [-0.05, 0) is 51.0 Å². The first-order chi connectivity index (χ1) is 13.7. The molecule has 0 radical (unpaired) electrons. The fourth-order valence-electron chi connectivity index (χ4n) is 3.67. The highest BCUT2D eigenvalue weighted by molar-refractivity contribution is 5.79. The number of rotatable bonds is 9. The molecule has 2 atom stereocenters. The summed E-state index contributed by atoms with van der Waals surface area (Å²) in [5.74, 6) is 2.20. The Morgan fingerprint density at radius 1 is 1.25 bits per heavy atom. The summed E-state index contributed by atoms with van der Waals surface area (Å²) in [6.07, 6.45) is 5.10. The minimum atomic E-state index is 0.146. The van der Waals surface area contributed by atoms with E-state index in [1.165, 1.54) is 24.0 Å². The average molecular weight is 388 g/mol. The molecule has 5 heteroatoms.